The molecule has 2 aromatic rings. The van der Waals surface area contributed by atoms with E-state index >= 15 is 0 Å². The Morgan fingerprint density at radius 1 is 1.15 bits per heavy atom. The second-order valence-corrected chi connectivity index (χ2v) is 7.06. The van der Waals surface area contributed by atoms with Crippen molar-refractivity contribution in [2.45, 2.75) is 25.4 Å². The molecule has 2 atom stereocenters. The first-order valence-electron chi connectivity index (χ1n) is 9.59. The van der Waals surface area contributed by atoms with Crippen molar-refractivity contribution in [3.05, 3.63) is 65.7 Å². The molecule has 2 aromatic carbocycles. The second-order valence-electron chi connectivity index (χ2n) is 7.06. The van der Waals surface area contributed by atoms with Crippen molar-refractivity contribution >= 4 is 11.6 Å². The van der Waals surface area contributed by atoms with Gasteiger partial charge in [0.2, 0.25) is 0 Å². The summed E-state index contributed by atoms with van der Waals surface area (Å²) in [5.74, 6) is 1.42. The van der Waals surface area contributed by atoms with Crippen LogP contribution in [0.15, 0.2) is 59.6 Å². The Morgan fingerprint density at radius 3 is 2.81 bits per heavy atom. The number of hydrogen-bond acceptors (Lipinski definition) is 2. The number of benzene rings is 2. The lowest BCUT2D eigenvalue weighted by molar-refractivity contribution is -0.0265. The first kappa shape index (κ1) is 17.1. The van der Waals surface area contributed by atoms with Crippen LogP contribution >= 0.6 is 0 Å². The number of nitrogens with one attached hydrogen (secondary N) is 1. The third-order valence-corrected chi connectivity index (χ3v) is 5.45. The zero-order valence-corrected chi connectivity index (χ0v) is 15.4. The number of rotatable bonds is 3. The largest absolute Gasteiger partial charge is 0.373 e. The van der Waals surface area contributed by atoms with Gasteiger partial charge in [0.1, 0.15) is 0 Å². The molecule has 4 rings (SSSR count). The molecule has 0 radical (unpaired) electrons. The molecule has 4 heteroatoms. The molecular weight excluding hydrogens is 322 g/mol. The van der Waals surface area contributed by atoms with E-state index in [0.717, 1.165) is 38.5 Å². The van der Waals surface area contributed by atoms with Gasteiger partial charge < -0.3 is 15.0 Å². The molecule has 0 aliphatic carbocycles. The zero-order valence-electron chi connectivity index (χ0n) is 15.4. The summed E-state index contributed by atoms with van der Waals surface area (Å²) in [6.07, 6.45) is 3.55. The summed E-state index contributed by atoms with van der Waals surface area (Å²) in [4.78, 5) is 6.84. The molecule has 0 spiro atoms. The predicted octanol–water partition coefficient (Wildman–Crippen LogP) is 3.79. The Kier molecular flexibility index (Phi) is 5.21. The van der Waals surface area contributed by atoms with Crippen molar-refractivity contribution in [1.29, 1.82) is 0 Å². The number of guanidine groups is 1. The Bertz CT molecular complexity index is 759. The van der Waals surface area contributed by atoms with Crippen molar-refractivity contribution in [3.63, 3.8) is 0 Å². The number of para-hydroxylation sites is 1. The fourth-order valence-corrected chi connectivity index (χ4v) is 4.14. The number of nitrogens with zero attached hydrogens (tertiary/aromatic N) is 2. The molecule has 1 N–H and O–H groups in total. The molecule has 0 amide bonds. The van der Waals surface area contributed by atoms with Gasteiger partial charge >= 0.3 is 0 Å². The highest BCUT2D eigenvalue weighted by molar-refractivity contribution is 5.97. The molecule has 0 aromatic heterocycles. The number of fused-ring (bicyclic) bond motifs is 1. The van der Waals surface area contributed by atoms with Gasteiger partial charge in [-0.25, -0.2) is 0 Å². The maximum atomic E-state index is 6.13. The average molecular weight is 349 g/mol. The molecule has 2 unspecified atom stereocenters. The summed E-state index contributed by atoms with van der Waals surface area (Å²) in [7, 11) is 1.87. The summed E-state index contributed by atoms with van der Waals surface area (Å²) in [5, 5.41) is 3.62. The smallest absolute Gasteiger partial charge is 0.198 e. The quantitative estimate of drug-likeness (QED) is 0.677. The Morgan fingerprint density at radius 2 is 1.96 bits per heavy atom. The van der Waals surface area contributed by atoms with Crippen LogP contribution in [0, 0.1) is 5.92 Å². The molecule has 26 heavy (non-hydrogen) atoms. The molecule has 2 aliphatic heterocycles. The lowest BCUT2D eigenvalue weighted by Gasteiger charge is -2.33. The van der Waals surface area contributed by atoms with Crippen molar-refractivity contribution in [2.75, 3.05) is 31.6 Å². The molecule has 0 bridgehead atoms. The van der Waals surface area contributed by atoms with E-state index in [1.807, 2.05) is 7.05 Å². The summed E-state index contributed by atoms with van der Waals surface area (Å²) in [6.45, 7) is 2.72. The maximum Gasteiger partial charge on any atom is 0.198 e. The number of aliphatic imine (C=N–C) groups is 1. The summed E-state index contributed by atoms with van der Waals surface area (Å²) in [6, 6.07) is 19.2. The van der Waals surface area contributed by atoms with E-state index < -0.39 is 0 Å². The van der Waals surface area contributed by atoms with Crippen molar-refractivity contribution in [3.8, 4) is 0 Å². The monoisotopic (exact) mass is 349 g/mol. The van der Waals surface area contributed by atoms with E-state index in [9.17, 15) is 0 Å². The van der Waals surface area contributed by atoms with Gasteiger partial charge in [-0.1, -0.05) is 48.5 Å². The lowest BCUT2D eigenvalue weighted by atomic mass is 9.89. The van der Waals surface area contributed by atoms with Crippen LogP contribution in [0.2, 0.25) is 0 Å². The zero-order chi connectivity index (χ0) is 17.8. The fourth-order valence-electron chi connectivity index (χ4n) is 4.14. The first-order chi connectivity index (χ1) is 12.9. The van der Waals surface area contributed by atoms with E-state index in [1.54, 1.807) is 0 Å². The third kappa shape index (κ3) is 3.47. The minimum atomic E-state index is 0.168. The van der Waals surface area contributed by atoms with Crippen molar-refractivity contribution < 1.29 is 4.74 Å². The third-order valence-electron chi connectivity index (χ3n) is 5.45. The van der Waals surface area contributed by atoms with Gasteiger partial charge in [-0.3, -0.25) is 4.99 Å². The summed E-state index contributed by atoms with van der Waals surface area (Å²) >= 11 is 0. The van der Waals surface area contributed by atoms with Crippen LogP contribution in [0.5, 0.6) is 0 Å². The second kappa shape index (κ2) is 7.92. The highest BCUT2D eigenvalue weighted by atomic mass is 16.5. The van der Waals surface area contributed by atoms with E-state index in [0.29, 0.717) is 5.92 Å². The first-order valence-corrected chi connectivity index (χ1v) is 9.59. The SMILES string of the molecule is CN=C(NCC1CCCOC1c1ccccc1)N1CCc2ccccc21. The normalized spacial score (nSPS) is 23.0. The Labute approximate surface area is 155 Å². The van der Waals surface area contributed by atoms with Gasteiger partial charge in [0, 0.05) is 38.3 Å². The van der Waals surface area contributed by atoms with Crippen molar-refractivity contribution in [2.24, 2.45) is 10.9 Å². The van der Waals surface area contributed by atoms with E-state index in [2.05, 4.69) is 69.8 Å². The number of hydrogen-bond donors (Lipinski definition) is 1. The van der Waals surface area contributed by atoms with Crippen LogP contribution in [0.3, 0.4) is 0 Å². The standard InChI is InChI=1S/C22H27N3O/c1-23-22(25-14-13-17-8-5-6-12-20(17)25)24-16-19-11-7-15-26-21(19)18-9-3-2-4-10-18/h2-6,8-10,12,19,21H,7,11,13-16H2,1H3,(H,23,24). The maximum absolute atomic E-state index is 6.13. The van der Waals surface area contributed by atoms with Crippen LogP contribution in [-0.2, 0) is 11.2 Å². The molecular formula is C22H27N3O. The molecule has 4 nitrogen and oxygen atoms in total. The Balaban J connectivity index is 1.45. The lowest BCUT2D eigenvalue weighted by Crippen LogP contribution is -2.44. The summed E-state index contributed by atoms with van der Waals surface area (Å²) < 4.78 is 6.13. The number of ether oxygens (including phenoxy) is 1. The fraction of sp³-hybridized carbons (Fsp3) is 0.409. The van der Waals surface area contributed by atoms with Crippen LogP contribution in [-0.4, -0.2) is 32.7 Å². The van der Waals surface area contributed by atoms with Crippen molar-refractivity contribution in [1.82, 2.24) is 5.32 Å². The molecule has 0 saturated carbocycles. The highest BCUT2D eigenvalue weighted by Gasteiger charge is 2.29. The van der Waals surface area contributed by atoms with Gasteiger partial charge in [-0.15, -0.1) is 0 Å². The van der Waals surface area contributed by atoms with Gasteiger partial charge in [0.25, 0.3) is 0 Å². The summed E-state index contributed by atoms with van der Waals surface area (Å²) in [5.41, 5.74) is 3.96. The van der Waals surface area contributed by atoms with Gasteiger partial charge in [-0.2, -0.15) is 0 Å². The predicted molar refractivity (Wildman–Crippen MR) is 107 cm³/mol. The highest BCUT2D eigenvalue weighted by Crippen LogP contribution is 2.33. The van der Waals surface area contributed by atoms with Crippen LogP contribution in [0.25, 0.3) is 0 Å². The number of anilines is 1. The van der Waals surface area contributed by atoms with Gasteiger partial charge in [0.05, 0.1) is 6.10 Å². The molecule has 1 saturated heterocycles. The van der Waals surface area contributed by atoms with Gasteiger partial charge in [-0.05, 0) is 36.5 Å². The minimum Gasteiger partial charge on any atom is -0.373 e. The van der Waals surface area contributed by atoms with Crippen LogP contribution < -0.4 is 10.2 Å². The van der Waals surface area contributed by atoms with Gasteiger partial charge in [0.15, 0.2) is 5.96 Å². The van der Waals surface area contributed by atoms with Crippen LogP contribution in [0.1, 0.15) is 30.1 Å². The Hall–Kier alpha value is -2.33. The average Bonchev–Trinajstić information content (AvgIpc) is 3.14. The topological polar surface area (TPSA) is 36.9 Å². The van der Waals surface area contributed by atoms with E-state index in [1.165, 1.54) is 23.2 Å². The molecule has 136 valence electrons. The van der Waals surface area contributed by atoms with Crippen LogP contribution in [0.4, 0.5) is 5.69 Å². The van der Waals surface area contributed by atoms with E-state index in [4.69, 9.17) is 4.74 Å². The molecule has 1 fully saturated rings. The molecule has 2 heterocycles. The minimum absolute atomic E-state index is 0.168. The molecule has 2 aliphatic rings. The van der Waals surface area contributed by atoms with E-state index in [-0.39, 0.29) is 6.10 Å².